The number of ether oxygens (including phenoxy) is 2. The van der Waals surface area contributed by atoms with E-state index in [0.29, 0.717) is 25.5 Å². The van der Waals surface area contributed by atoms with Crippen LogP contribution in [0.5, 0.6) is 5.75 Å². The molecule has 184 valence electrons. The van der Waals surface area contributed by atoms with E-state index in [1.165, 1.54) is 0 Å². The zero-order chi connectivity index (χ0) is 24.6. The molecule has 0 aliphatic carbocycles. The topological polar surface area (TPSA) is 88.2 Å². The summed E-state index contributed by atoms with van der Waals surface area (Å²) in [6, 6.07) is 14.8. The summed E-state index contributed by atoms with van der Waals surface area (Å²) < 4.78 is 11.0. The van der Waals surface area contributed by atoms with Crippen molar-refractivity contribution in [1.29, 1.82) is 0 Å². The van der Waals surface area contributed by atoms with Gasteiger partial charge in [-0.3, -0.25) is 19.3 Å². The maximum absolute atomic E-state index is 12.8. The number of anilines is 2. The average molecular weight is 496 g/mol. The van der Waals surface area contributed by atoms with Crippen molar-refractivity contribution >= 4 is 46.3 Å². The predicted octanol–water partition coefficient (Wildman–Crippen LogP) is 4.38. The Balaban J connectivity index is 1.32. The van der Waals surface area contributed by atoms with E-state index in [-0.39, 0.29) is 11.4 Å². The molecule has 0 bridgehead atoms. The molecule has 0 aromatic heterocycles. The highest BCUT2D eigenvalue weighted by Gasteiger charge is 2.36. The first-order valence-electron chi connectivity index (χ1n) is 11.7. The van der Waals surface area contributed by atoms with Gasteiger partial charge in [0.15, 0.2) is 0 Å². The lowest BCUT2D eigenvalue weighted by Gasteiger charge is -2.28. The van der Waals surface area contributed by atoms with Crippen molar-refractivity contribution in [2.24, 2.45) is 0 Å². The molecule has 2 fully saturated rings. The molecule has 9 heteroatoms. The number of nitrogens with zero attached hydrogens (tertiary/aromatic N) is 2. The Hall–Kier alpha value is -3.30. The molecule has 1 N–H and O–H groups in total. The standard InChI is InChI=1S/C26H29N3O5S/c1-2-3-14-34-22-10-4-19(5-11-22)17-23-25(31)29(26(32)35-23)18-24(30)27-20-6-8-21(9-7-20)28-12-15-33-16-13-28/h4-11,17H,2-3,12-16,18H2,1H3,(H,27,30)/b23-17+. The van der Waals surface area contributed by atoms with Gasteiger partial charge in [-0.15, -0.1) is 0 Å². The van der Waals surface area contributed by atoms with Crippen LogP contribution in [-0.2, 0) is 14.3 Å². The molecule has 8 nitrogen and oxygen atoms in total. The first-order valence-corrected chi connectivity index (χ1v) is 12.6. The Morgan fingerprint density at radius 1 is 1.09 bits per heavy atom. The smallest absolute Gasteiger partial charge is 0.294 e. The number of benzene rings is 2. The summed E-state index contributed by atoms with van der Waals surface area (Å²) in [7, 11) is 0. The lowest BCUT2D eigenvalue weighted by Crippen LogP contribution is -2.36. The average Bonchev–Trinajstić information content (AvgIpc) is 3.13. The number of thioether (sulfide) groups is 1. The third-order valence-electron chi connectivity index (χ3n) is 5.65. The quantitative estimate of drug-likeness (QED) is 0.408. The second-order valence-electron chi connectivity index (χ2n) is 8.23. The minimum absolute atomic E-state index is 0.289. The maximum atomic E-state index is 12.8. The Labute approximate surface area is 209 Å². The van der Waals surface area contributed by atoms with Crippen LogP contribution < -0.4 is 15.0 Å². The molecule has 2 aromatic rings. The highest BCUT2D eigenvalue weighted by Crippen LogP contribution is 2.32. The predicted molar refractivity (Wildman–Crippen MR) is 138 cm³/mol. The number of carbonyl (C=O) groups excluding carboxylic acids is 3. The van der Waals surface area contributed by atoms with Crippen molar-refractivity contribution in [2.45, 2.75) is 19.8 Å². The lowest BCUT2D eigenvalue weighted by molar-refractivity contribution is -0.127. The molecular weight excluding hydrogens is 466 g/mol. The highest BCUT2D eigenvalue weighted by atomic mass is 32.2. The minimum Gasteiger partial charge on any atom is -0.494 e. The van der Waals surface area contributed by atoms with Gasteiger partial charge in [0.25, 0.3) is 11.1 Å². The van der Waals surface area contributed by atoms with Gasteiger partial charge in [0.05, 0.1) is 24.7 Å². The minimum atomic E-state index is -0.471. The Morgan fingerprint density at radius 2 is 1.80 bits per heavy atom. The summed E-state index contributed by atoms with van der Waals surface area (Å²) in [5.41, 5.74) is 2.45. The number of morpholine rings is 1. The summed E-state index contributed by atoms with van der Waals surface area (Å²) in [4.78, 5) is 41.2. The Bertz CT molecular complexity index is 1080. The number of carbonyl (C=O) groups is 3. The molecule has 4 rings (SSSR count). The van der Waals surface area contributed by atoms with Crippen LogP contribution in [0.25, 0.3) is 6.08 Å². The van der Waals surface area contributed by atoms with Crippen LogP contribution >= 0.6 is 11.8 Å². The van der Waals surface area contributed by atoms with Crippen molar-refractivity contribution in [3.05, 3.63) is 59.0 Å². The van der Waals surface area contributed by atoms with Crippen LogP contribution in [0.4, 0.5) is 16.2 Å². The zero-order valence-corrected chi connectivity index (χ0v) is 20.5. The van der Waals surface area contributed by atoms with Gasteiger partial charge < -0.3 is 19.7 Å². The largest absolute Gasteiger partial charge is 0.494 e. The second-order valence-corrected chi connectivity index (χ2v) is 9.23. The molecule has 2 saturated heterocycles. The van der Waals surface area contributed by atoms with Crippen molar-refractivity contribution < 1.29 is 23.9 Å². The van der Waals surface area contributed by atoms with Gasteiger partial charge in [0.2, 0.25) is 5.91 Å². The summed E-state index contributed by atoms with van der Waals surface area (Å²) in [5, 5.41) is 2.30. The number of unbranched alkanes of at least 4 members (excludes halogenated alkanes) is 1. The normalized spacial score (nSPS) is 17.2. The van der Waals surface area contributed by atoms with Gasteiger partial charge in [-0.1, -0.05) is 25.5 Å². The molecule has 2 aliphatic heterocycles. The van der Waals surface area contributed by atoms with Crippen molar-refractivity contribution in [3.63, 3.8) is 0 Å². The zero-order valence-electron chi connectivity index (χ0n) is 19.7. The molecule has 0 spiro atoms. The fourth-order valence-electron chi connectivity index (χ4n) is 3.70. The van der Waals surface area contributed by atoms with E-state index in [0.717, 1.165) is 59.6 Å². The molecule has 2 heterocycles. The summed E-state index contributed by atoms with van der Waals surface area (Å²) in [5.74, 6) is -0.138. The van der Waals surface area contributed by atoms with Crippen LogP contribution in [-0.4, -0.2) is 61.4 Å². The number of nitrogens with one attached hydrogen (secondary N) is 1. The SMILES string of the molecule is CCCCOc1ccc(/C=C2/SC(=O)N(CC(=O)Nc3ccc(N4CCOCC4)cc3)C2=O)cc1. The van der Waals surface area contributed by atoms with Crippen LogP contribution in [0.15, 0.2) is 53.4 Å². The highest BCUT2D eigenvalue weighted by molar-refractivity contribution is 8.18. The van der Waals surface area contributed by atoms with Crippen molar-refractivity contribution in [1.82, 2.24) is 4.90 Å². The Kier molecular flexibility index (Phi) is 8.44. The van der Waals surface area contributed by atoms with Crippen LogP contribution in [0.3, 0.4) is 0 Å². The summed E-state index contributed by atoms with van der Waals surface area (Å²) in [6.07, 6.45) is 3.71. The maximum Gasteiger partial charge on any atom is 0.294 e. The van der Waals surface area contributed by atoms with Crippen LogP contribution in [0, 0.1) is 0 Å². The van der Waals surface area contributed by atoms with Crippen molar-refractivity contribution in [2.75, 3.05) is 49.7 Å². The molecule has 35 heavy (non-hydrogen) atoms. The van der Waals surface area contributed by atoms with E-state index >= 15 is 0 Å². The van der Waals surface area contributed by atoms with E-state index in [1.807, 2.05) is 48.5 Å². The monoisotopic (exact) mass is 495 g/mol. The van der Waals surface area contributed by atoms with Crippen molar-refractivity contribution in [3.8, 4) is 5.75 Å². The molecular formula is C26H29N3O5S. The summed E-state index contributed by atoms with van der Waals surface area (Å²) >= 11 is 0.835. The molecule has 0 saturated carbocycles. The molecule has 0 radical (unpaired) electrons. The number of imide groups is 1. The number of rotatable bonds is 9. The first-order chi connectivity index (χ1) is 17.0. The fraction of sp³-hybridized carbons (Fsp3) is 0.346. The van der Waals surface area contributed by atoms with E-state index in [4.69, 9.17) is 9.47 Å². The molecule has 0 atom stereocenters. The van der Waals surface area contributed by atoms with Gasteiger partial charge >= 0.3 is 0 Å². The molecule has 2 aromatic carbocycles. The molecule has 2 aliphatic rings. The van der Waals surface area contributed by atoms with Gasteiger partial charge in [-0.2, -0.15) is 0 Å². The third-order valence-corrected chi connectivity index (χ3v) is 6.55. The van der Waals surface area contributed by atoms with Crippen LogP contribution in [0.1, 0.15) is 25.3 Å². The fourth-order valence-corrected chi connectivity index (χ4v) is 4.54. The van der Waals surface area contributed by atoms with Gasteiger partial charge in [-0.25, -0.2) is 0 Å². The van der Waals surface area contributed by atoms with E-state index < -0.39 is 17.1 Å². The van der Waals surface area contributed by atoms with Crippen LogP contribution in [0.2, 0.25) is 0 Å². The first kappa shape index (κ1) is 24.8. The number of amides is 3. The number of hydrogen-bond acceptors (Lipinski definition) is 7. The number of hydrogen-bond donors (Lipinski definition) is 1. The lowest BCUT2D eigenvalue weighted by atomic mass is 10.2. The third kappa shape index (κ3) is 6.64. The van der Waals surface area contributed by atoms with Gasteiger partial charge in [0, 0.05) is 24.5 Å². The Morgan fingerprint density at radius 3 is 2.49 bits per heavy atom. The van der Waals surface area contributed by atoms with Gasteiger partial charge in [-0.05, 0) is 66.2 Å². The molecule has 3 amide bonds. The summed E-state index contributed by atoms with van der Waals surface area (Å²) in [6.45, 7) is 5.48. The van der Waals surface area contributed by atoms with E-state index in [2.05, 4.69) is 17.1 Å². The van der Waals surface area contributed by atoms with E-state index in [9.17, 15) is 14.4 Å². The van der Waals surface area contributed by atoms with E-state index in [1.54, 1.807) is 6.08 Å². The van der Waals surface area contributed by atoms with Gasteiger partial charge in [0.1, 0.15) is 12.3 Å². The second kappa shape index (κ2) is 11.9. The molecule has 0 unspecified atom stereocenters.